The van der Waals surface area contributed by atoms with E-state index in [1.165, 1.54) is 0 Å². The minimum absolute atomic E-state index is 0.310. The number of aliphatic hydroxyl groups is 1. The summed E-state index contributed by atoms with van der Waals surface area (Å²) in [5.74, 6) is -0.482. The maximum Gasteiger partial charge on any atom is 0.323 e. The number of nitrogens with two attached hydrogens (primary N) is 1. The van der Waals surface area contributed by atoms with E-state index >= 15 is 0 Å². The zero-order valence-corrected chi connectivity index (χ0v) is 8.86. The van der Waals surface area contributed by atoms with Crippen molar-refractivity contribution in [2.75, 3.05) is 11.9 Å². The van der Waals surface area contributed by atoms with Crippen LogP contribution in [0.2, 0.25) is 0 Å². The average Bonchev–Trinajstić information content (AvgIpc) is 2.67. The van der Waals surface area contributed by atoms with Crippen molar-refractivity contribution in [3.05, 3.63) is 28.7 Å². The van der Waals surface area contributed by atoms with Gasteiger partial charge in [-0.15, -0.1) is 0 Å². The summed E-state index contributed by atoms with van der Waals surface area (Å²) in [6.45, 7) is -0.422. The number of fused-ring (bicyclic) bond motifs is 1. The number of rotatable bonds is 3. The standard InChI is InChI=1S/C10H12N4O3/c11-6(4-15)9(16)12-5-1-2-7-8(3-5)14-10(17)13-7/h1-3,6,15H,4,11H2,(H,12,16)(H2,13,14,17). The number of carbonyl (C=O) groups excluding carboxylic acids is 1. The quantitative estimate of drug-likeness (QED) is 0.474. The summed E-state index contributed by atoms with van der Waals surface area (Å²) in [6.07, 6.45) is 0. The predicted molar refractivity (Wildman–Crippen MR) is 62.6 cm³/mol. The van der Waals surface area contributed by atoms with Crippen molar-refractivity contribution in [1.29, 1.82) is 0 Å². The van der Waals surface area contributed by atoms with Gasteiger partial charge in [0.05, 0.1) is 17.6 Å². The van der Waals surface area contributed by atoms with Crippen LogP contribution < -0.4 is 16.7 Å². The van der Waals surface area contributed by atoms with Crippen molar-refractivity contribution in [3.8, 4) is 0 Å². The Morgan fingerprint density at radius 3 is 2.82 bits per heavy atom. The highest BCUT2D eigenvalue weighted by molar-refractivity contribution is 5.96. The molecule has 90 valence electrons. The molecule has 0 aliphatic rings. The summed E-state index contributed by atoms with van der Waals surface area (Å²) in [6, 6.07) is 3.94. The summed E-state index contributed by atoms with van der Waals surface area (Å²) in [7, 11) is 0. The van der Waals surface area contributed by atoms with Gasteiger partial charge in [-0.2, -0.15) is 0 Å². The van der Waals surface area contributed by atoms with E-state index in [2.05, 4.69) is 15.3 Å². The van der Waals surface area contributed by atoms with Gasteiger partial charge < -0.3 is 26.1 Å². The molecule has 0 spiro atoms. The first-order valence-electron chi connectivity index (χ1n) is 4.99. The minimum Gasteiger partial charge on any atom is -0.394 e. The van der Waals surface area contributed by atoms with Gasteiger partial charge in [-0.05, 0) is 18.2 Å². The molecule has 0 fully saturated rings. The van der Waals surface area contributed by atoms with E-state index < -0.39 is 18.6 Å². The first-order valence-corrected chi connectivity index (χ1v) is 4.99. The van der Waals surface area contributed by atoms with Gasteiger partial charge in [0, 0.05) is 5.69 Å². The highest BCUT2D eigenvalue weighted by atomic mass is 16.3. The molecule has 0 aliphatic heterocycles. The van der Waals surface area contributed by atoms with Gasteiger partial charge in [-0.3, -0.25) is 4.79 Å². The summed E-state index contributed by atoms with van der Waals surface area (Å²) in [4.78, 5) is 27.6. The molecule has 1 amide bonds. The lowest BCUT2D eigenvalue weighted by atomic mass is 10.2. The zero-order valence-electron chi connectivity index (χ0n) is 8.86. The molecule has 1 atom stereocenters. The number of carbonyl (C=O) groups is 1. The Morgan fingerprint density at radius 2 is 2.12 bits per heavy atom. The second kappa shape index (κ2) is 4.40. The van der Waals surface area contributed by atoms with Crippen LogP contribution >= 0.6 is 0 Å². The number of hydrogen-bond donors (Lipinski definition) is 5. The second-order valence-corrected chi connectivity index (χ2v) is 3.62. The summed E-state index contributed by atoms with van der Waals surface area (Å²) in [5.41, 5.74) is 6.79. The lowest BCUT2D eigenvalue weighted by Gasteiger charge is -2.09. The molecule has 0 radical (unpaired) electrons. The summed E-state index contributed by atoms with van der Waals surface area (Å²) in [5, 5.41) is 11.3. The molecular weight excluding hydrogens is 224 g/mol. The molecule has 0 bridgehead atoms. The van der Waals surface area contributed by atoms with Gasteiger partial charge in [-0.1, -0.05) is 0 Å². The molecule has 1 heterocycles. The van der Waals surface area contributed by atoms with Crippen molar-refractivity contribution >= 4 is 22.6 Å². The Balaban J connectivity index is 2.24. The van der Waals surface area contributed by atoms with Crippen LogP contribution in [0.15, 0.2) is 23.0 Å². The number of benzene rings is 1. The molecule has 7 heteroatoms. The third kappa shape index (κ3) is 2.35. The molecule has 1 aromatic carbocycles. The maximum absolute atomic E-state index is 11.4. The molecule has 0 aliphatic carbocycles. The number of amides is 1. The number of anilines is 1. The molecule has 1 aromatic heterocycles. The monoisotopic (exact) mass is 236 g/mol. The van der Waals surface area contributed by atoms with Crippen molar-refractivity contribution < 1.29 is 9.90 Å². The summed E-state index contributed by atoms with van der Waals surface area (Å²) < 4.78 is 0. The van der Waals surface area contributed by atoms with Gasteiger partial charge in [-0.25, -0.2) is 4.79 Å². The highest BCUT2D eigenvalue weighted by Crippen LogP contribution is 2.14. The maximum atomic E-state index is 11.4. The molecule has 2 aromatic rings. The van der Waals surface area contributed by atoms with E-state index in [9.17, 15) is 9.59 Å². The van der Waals surface area contributed by atoms with E-state index in [0.717, 1.165) is 0 Å². The van der Waals surface area contributed by atoms with Crippen LogP contribution in [-0.4, -0.2) is 33.6 Å². The first-order chi connectivity index (χ1) is 8.10. The fraction of sp³-hybridized carbons (Fsp3) is 0.200. The SMILES string of the molecule is NC(CO)C(=O)Nc1ccc2[nH]c(=O)[nH]c2c1. The van der Waals surface area contributed by atoms with E-state index in [1.54, 1.807) is 18.2 Å². The molecular formula is C10H12N4O3. The Labute approximate surface area is 95.6 Å². The largest absolute Gasteiger partial charge is 0.394 e. The number of aromatic amines is 2. The van der Waals surface area contributed by atoms with Crippen molar-refractivity contribution in [3.63, 3.8) is 0 Å². The van der Waals surface area contributed by atoms with Crippen molar-refractivity contribution in [2.45, 2.75) is 6.04 Å². The molecule has 6 N–H and O–H groups in total. The molecule has 1 unspecified atom stereocenters. The number of imidazole rings is 1. The fourth-order valence-electron chi connectivity index (χ4n) is 1.43. The normalized spacial score (nSPS) is 12.6. The Bertz CT molecular complexity index is 601. The van der Waals surface area contributed by atoms with E-state index in [-0.39, 0.29) is 5.69 Å². The molecule has 0 saturated carbocycles. The van der Waals surface area contributed by atoms with Gasteiger partial charge in [0.1, 0.15) is 6.04 Å². The van der Waals surface area contributed by atoms with Gasteiger partial charge in [0.25, 0.3) is 0 Å². The zero-order chi connectivity index (χ0) is 12.4. The predicted octanol–water partition coefficient (Wildman–Crippen LogP) is -0.886. The lowest BCUT2D eigenvalue weighted by Crippen LogP contribution is -2.38. The number of hydrogen-bond acceptors (Lipinski definition) is 4. The number of aliphatic hydroxyl groups excluding tert-OH is 1. The smallest absolute Gasteiger partial charge is 0.323 e. The van der Waals surface area contributed by atoms with Crippen molar-refractivity contribution in [2.24, 2.45) is 5.73 Å². The molecule has 7 nitrogen and oxygen atoms in total. The number of nitrogens with one attached hydrogen (secondary N) is 3. The molecule has 17 heavy (non-hydrogen) atoms. The van der Waals surface area contributed by atoms with E-state index in [0.29, 0.717) is 16.7 Å². The molecule has 0 saturated heterocycles. The van der Waals surface area contributed by atoms with Crippen LogP contribution in [0.3, 0.4) is 0 Å². The Morgan fingerprint density at radius 1 is 1.41 bits per heavy atom. The summed E-state index contributed by atoms with van der Waals surface area (Å²) >= 11 is 0. The van der Waals surface area contributed by atoms with Crippen LogP contribution in [0.25, 0.3) is 11.0 Å². The minimum atomic E-state index is -0.962. The van der Waals surface area contributed by atoms with Gasteiger partial charge in [0.2, 0.25) is 5.91 Å². The van der Waals surface area contributed by atoms with Gasteiger partial charge in [0.15, 0.2) is 0 Å². The van der Waals surface area contributed by atoms with Crippen LogP contribution in [0.4, 0.5) is 5.69 Å². The van der Waals surface area contributed by atoms with Crippen LogP contribution in [0.1, 0.15) is 0 Å². The third-order valence-electron chi connectivity index (χ3n) is 2.32. The number of H-pyrrole nitrogens is 2. The fourth-order valence-corrected chi connectivity index (χ4v) is 1.43. The van der Waals surface area contributed by atoms with E-state index in [4.69, 9.17) is 10.8 Å². The first kappa shape index (κ1) is 11.4. The second-order valence-electron chi connectivity index (χ2n) is 3.62. The van der Waals surface area contributed by atoms with Crippen molar-refractivity contribution in [1.82, 2.24) is 9.97 Å². The molecule has 2 rings (SSSR count). The average molecular weight is 236 g/mol. The Kier molecular flexibility index (Phi) is 2.94. The lowest BCUT2D eigenvalue weighted by molar-refractivity contribution is -0.118. The van der Waals surface area contributed by atoms with Crippen LogP contribution in [0.5, 0.6) is 0 Å². The van der Waals surface area contributed by atoms with Crippen LogP contribution in [-0.2, 0) is 4.79 Å². The van der Waals surface area contributed by atoms with Gasteiger partial charge >= 0.3 is 5.69 Å². The number of aromatic nitrogens is 2. The Hall–Kier alpha value is -2.12. The highest BCUT2D eigenvalue weighted by Gasteiger charge is 2.12. The van der Waals surface area contributed by atoms with Crippen LogP contribution in [0, 0.1) is 0 Å². The topological polar surface area (TPSA) is 124 Å². The third-order valence-corrected chi connectivity index (χ3v) is 2.32. The van der Waals surface area contributed by atoms with E-state index in [1.807, 2.05) is 0 Å².